The van der Waals surface area contributed by atoms with E-state index >= 15 is 0 Å². The number of hydrogen-bond donors (Lipinski definition) is 5. The van der Waals surface area contributed by atoms with E-state index in [9.17, 15) is 14.4 Å². The number of fused-ring (bicyclic) bond motifs is 1. The zero-order valence-electron chi connectivity index (χ0n) is 14.0. The Bertz CT molecular complexity index is 521. The normalized spacial score (nSPS) is 32.0. The van der Waals surface area contributed by atoms with E-state index in [4.69, 9.17) is 4.74 Å². The van der Waals surface area contributed by atoms with Crippen molar-refractivity contribution >= 4 is 29.7 Å². The Morgan fingerprint density at radius 1 is 1.32 bits per heavy atom. The van der Waals surface area contributed by atoms with Gasteiger partial charge >= 0.3 is 6.09 Å². The van der Waals surface area contributed by atoms with Crippen LogP contribution >= 0.6 is 11.8 Å². The van der Waals surface area contributed by atoms with E-state index in [0.29, 0.717) is 6.42 Å². The van der Waals surface area contributed by atoms with Gasteiger partial charge in [0.05, 0.1) is 17.9 Å². The number of carbonyl (C=O) groups is 3. The number of thioether (sulfide) groups is 1. The smallest absolute Gasteiger partial charge is 0.413 e. The van der Waals surface area contributed by atoms with Gasteiger partial charge in [0.15, 0.2) is 6.17 Å². The van der Waals surface area contributed by atoms with Crippen molar-refractivity contribution in [3.8, 4) is 0 Å². The summed E-state index contributed by atoms with van der Waals surface area (Å²) in [5.74, 6) is -0.349. The first-order valence-corrected chi connectivity index (χ1v) is 9.55. The number of carbonyl (C=O) groups excluding carboxylic acids is 3. The molecule has 3 heterocycles. The fraction of sp³-hybridized carbons (Fsp3) is 0.786. The van der Waals surface area contributed by atoms with Crippen molar-refractivity contribution in [3.63, 3.8) is 0 Å². The van der Waals surface area contributed by atoms with Crippen molar-refractivity contribution in [3.05, 3.63) is 0 Å². The van der Waals surface area contributed by atoms with Crippen LogP contribution < -0.4 is 26.7 Å². The molecule has 0 saturated carbocycles. The molecule has 4 unspecified atom stereocenters. The molecule has 3 amide bonds. The zero-order valence-corrected chi connectivity index (χ0v) is 14.9. The van der Waals surface area contributed by atoms with Crippen LogP contribution in [0.2, 0.25) is 0 Å². The van der Waals surface area contributed by atoms with Crippen molar-refractivity contribution in [1.29, 1.82) is 0 Å². The number of nitrogens with zero attached hydrogens (tertiary/aromatic N) is 1. The van der Waals surface area contributed by atoms with E-state index < -0.39 is 24.1 Å². The maximum Gasteiger partial charge on any atom is 0.413 e. The number of rotatable bonds is 4. The number of hydrogen-bond acceptors (Lipinski definition) is 9. The number of nitrogens with one attached hydrogen (secondary N) is 5. The second kappa shape index (κ2) is 8.32. The minimum Gasteiger partial charge on any atom is -0.450 e. The van der Waals surface area contributed by atoms with Gasteiger partial charge in [-0.1, -0.05) is 0 Å². The van der Waals surface area contributed by atoms with E-state index in [1.165, 1.54) is 11.8 Å². The molecule has 0 aromatic carbocycles. The monoisotopic (exact) mass is 372 g/mol. The predicted octanol–water partition coefficient (Wildman–Crippen LogP) is -1.53. The third-order valence-corrected chi connectivity index (χ3v) is 5.60. The summed E-state index contributed by atoms with van der Waals surface area (Å²) in [5, 5.41) is 13.2. The van der Waals surface area contributed by atoms with Gasteiger partial charge in [0.1, 0.15) is 6.29 Å². The Balaban J connectivity index is 1.51. The Hall–Kier alpha value is -1.40. The molecule has 10 nitrogen and oxygen atoms in total. The van der Waals surface area contributed by atoms with E-state index in [1.807, 2.05) is 5.01 Å². The minimum atomic E-state index is -0.753. The summed E-state index contributed by atoms with van der Waals surface area (Å²) in [4.78, 5) is 36.1. The van der Waals surface area contributed by atoms with Crippen molar-refractivity contribution in [2.24, 2.45) is 5.92 Å². The molecule has 0 aromatic heterocycles. The van der Waals surface area contributed by atoms with Crippen LogP contribution in [0.1, 0.15) is 19.8 Å². The predicted molar refractivity (Wildman–Crippen MR) is 90.8 cm³/mol. The zero-order chi connectivity index (χ0) is 17.8. The fourth-order valence-corrected chi connectivity index (χ4v) is 4.43. The Kier molecular flexibility index (Phi) is 6.12. The first-order chi connectivity index (χ1) is 12.1. The summed E-state index contributed by atoms with van der Waals surface area (Å²) in [5.41, 5.74) is 3.12. The third kappa shape index (κ3) is 4.42. The first-order valence-electron chi connectivity index (χ1n) is 8.50. The largest absolute Gasteiger partial charge is 0.450 e. The Morgan fingerprint density at radius 2 is 2.16 bits per heavy atom. The number of imide groups is 1. The lowest BCUT2D eigenvalue weighted by atomic mass is 10.1. The molecular weight excluding hydrogens is 348 g/mol. The lowest BCUT2D eigenvalue weighted by Crippen LogP contribution is -2.54. The topological polar surface area (TPSA) is 124 Å². The van der Waals surface area contributed by atoms with Gasteiger partial charge in [0, 0.05) is 6.54 Å². The van der Waals surface area contributed by atoms with Gasteiger partial charge in [-0.05, 0) is 32.1 Å². The molecule has 4 atom stereocenters. The van der Waals surface area contributed by atoms with Crippen LogP contribution in [0, 0.1) is 5.92 Å². The lowest BCUT2D eigenvalue weighted by Gasteiger charge is -2.28. The van der Waals surface area contributed by atoms with Crippen LogP contribution in [-0.4, -0.2) is 66.2 Å². The summed E-state index contributed by atoms with van der Waals surface area (Å²) in [6.07, 6.45) is 0.238. The molecule has 140 valence electrons. The summed E-state index contributed by atoms with van der Waals surface area (Å²) < 4.78 is 4.73. The van der Waals surface area contributed by atoms with Crippen molar-refractivity contribution in [2.75, 3.05) is 25.4 Å². The standard InChI is InChI=1S/C14H24N6O4S/c1-2-24-14(23)18-10(21)8-4-7-25-12(8)17-11(22)9-16-13-15-5-3-6-20(13)19-9/h8-9,12-13,15-16,19H,2-7H2,1H3,(H,17,22)(H,18,21,23). The average molecular weight is 372 g/mol. The number of ether oxygens (including phenoxy) is 1. The summed E-state index contributed by atoms with van der Waals surface area (Å²) in [6, 6.07) is 0. The molecule has 3 aliphatic rings. The van der Waals surface area contributed by atoms with E-state index in [2.05, 4.69) is 26.7 Å². The molecule has 5 N–H and O–H groups in total. The molecule has 0 bridgehead atoms. The van der Waals surface area contributed by atoms with Gasteiger partial charge < -0.3 is 10.1 Å². The summed E-state index contributed by atoms with van der Waals surface area (Å²) in [7, 11) is 0. The van der Waals surface area contributed by atoms with E-state index in [1.54, 1.807) is 6.92 Å². The van der Waals surface area contributed by atoms with Crippen LogP contribution in [0.3, 0.4) is 0 Å². The highest BCUT2D eigenvalue weighted by Gasteiger charge is 2.40. The Labute approximate surface area is 150 Å². The minimum absolute atomic E-state index is 0.0661. The molecule has 0 spiro atoms. The molecule has 3 saturated heterocycles. The maximum absolute atomic E-state index is 12.5. The van der Waals surface area contributed by atoms with Crippen LogP contribution in [0.5, 0.6) is 0 Å². The summed E-state index contributed by atoms with van der Waals surface area (Å²) in [6.45, 7) is 3.63. The lowest BCUT2D eigenvalue weighted by molar-refractivity contribution is -0.126. The second-order valence-electron chi connectivity index (χ2n) is 6.04. The molecular formula is C14H24N6O4S. The quantitative estimate of drug-likeness (QED) is 0.400. The van der Waals surface area contributed by atoms with Gasteiger partial charge in [-0.3, -0.25) is 25.5 Å². The van der Waals surface area contributed by atoms with Crippen molar-refractivity contribution in [1.82, 2.24) is 31.7 Å². The third-order valence-electron chi connectivity index (χ3n) is 4.32. The van der Waals surface area contributed by atoms with Gasteiger partial charge in [-0.25, -0.2) is 15.2 Å². The molecule has 0 aliphatic carbocycles. The first kappa shape index (κ1) is 18.4. The number of amides is 3. The van der Waals surface area contributed by atoms with Gasteiger partial charge in [-0.2, -0.15) is 0 Å². The van der Waals surface area contributed by atoms with Gasteiger partial charge in [-0.15, -0.1) is 11.8 Å². The molecule has 25 heavy (non-hydrogen) atoms. The number of alkyl carbamates (subject to hydrolysis) is 1. The average Bonchev–Trinajstić information content (AvgIpc) is 3.21. The molecule has 0 aromatic rings. The maximum atomic E-state index is 12.5. The van der Waals surface area contributed by atoms with Crippen molar-refractivity contribution < 1.29 is 19.1 Å². The fourth-order valence-electron chi connectivity index (χ4n) is 3.10. The van der Waals surface area contributed by atoms with Crippen LogP contribution in [0.4, 0.5) is 4.79 Å². The van der Waals surface area contributed by atoms with Crippen LogP contribution in [0.15, 0.2) is 0 Å². The van der Waals surface area contributed by atoms with Crippen LogP contribution in [0.25, 0.3) is 0 Å². The number of hydrazine groups is 1. The van der Waals surface area contributed by atoms with E-state index in [0.717, 1.165) is 25.3 Å². The summed E-state index contributed by atoms with van der Waals surface area (Å²) >= 11 is 1.50. The highest BCUT2D eigenvalue weighted by Crippen LogP contribution is 2.30. The van der Waals surface area contributed by atoms with Gasteiger partial charge in [0.25, 0.3) is 5.91 Å². The van der Waals surface area contributed by atoms with E-state index in [-0.39, 0.29) is 24.2 Å². The highest BCUT2D eigenvalue weighted by molar-refractivity contribution is 8.00. The highest BCUT2D eigenvalue weighted by atomic mass is 32.2. The molecule has 0 radical (unpaired) electrons. The van der Waals surface area contributed by atoms with Crippen molar-refractivity contribution in [2.45, 2.75) is 37.6 Å². The molecule has 3 aliphatic heterocycles. The molecule has 3 fully saturated rings. The SMILES string of the molecule is CCOC(=O)NC(=O)C1CCSC1NC(=O)C1NC2NCCCN2N1. The molecule has 3 rings (SSSR count). The second-order valence-corrected chi connectivity index (χ2v) is 7.29. The van der Waals surface area contributed by atoms with Gasteiger partial charge in [0.2, 0.25) is 5.91 Å². The molecule has 11 heteroatoms. The van der Waals surface area contributed by atoms with Crippen LogP contribution in [-0.2, 0) is 14.3 Å². The Morgan fingerprint density at radius 3 is 2.92 bits per heavy atom.